The second-order valence-corrected chi connectivity index (χ2v) is 4.66. The second kappa shape index (κ2) is 8.17. The Balaban J connectivity index is 2.18. The van der Waals surface area contributed by atoms with E-state index in [9.17, 15) is 9.59 Å². The first-order chi connectivity index (χ1) is 8.66. The third-order valence-corrected chi connectivity index (χ3v) is 3.39. The van der Waals surface area contributed by atoms with E-state index in [4.69, 9.17) is 14.6 Å². The van der Waals surface area contributed by atoms with Gasteiger partial charge in [0, 0.05) is 19.4 Å². The summed E-state index contributed by atoms with van der Waals surface area (Å²) in [5, 5.41) is 11.6. The molecule has 1 unspecified atom stereocenters. The maximum atomic E-state index is 11.7. The Labute approximate surface area is 110 Å². The minimum absolute atomic E-state index is 0.357. The largest absolute Gasteiger partial charge is 0.480 e. The molecule has 0 bridgehead atoms. The molecule has 0 aromatic carbocycles. The summed E-state index contributed by atoms with van der Waals surface area (Å²) >= 11 is 1.43. The van der Waals surface area contributed by atoms with Crippen LogP contribution in [0.2, 0.25) is 0 Å². The number of amides is 2. The molecule has 0 saturated carbocycles. The Morgan fingerprint density at radius 3 is 2.89 bits per heavy atom. The number of ether oxygens (including phenoxy) is 2. The fourth-order valence-corrected chi connectivity index (χ4v) is 2.57. The summed E-state index contributed by atoms with van der Waals surface area (Å²) in [6.07, 6.45) is 0. The average Bonchev–Trinajstić information content (AvgIpc) is 2.82. The molecule has 0 radical (unpaired) electrons. The number of rotatable bonds is 7. The van der Waals surface area contributed by atoms with Crippen molar-refractivity contribution in [3.05, 3.63) is 0 Å². The van der Waals surface area contributed by atoms with Crippen LogP contribution in [0.15, 0.2) is 0 Å². The van der Waals surface area contributed by atoms with Gasteiger partial charge >= 0.3 is 12.0 Å². The van der Waals surface area contributed by atoms with Crippen molar-refractivity contribution in [2.24, 2.45) is 0 Å². The lowest BCUT2D eigenvalue weighted by molar-refractivity contribution is -0.140. The van der Waals surface area contributed by atoms with Crippen molar-refractivity contribution in [3.63, 3.8) is 0 Å². The van der Waals surface area contributed by atoms with E-state index in [1.54, 1.807) is 7.11 Å². The van der Waals surface area contributed by atoms with Crippen molar-refractivity contribution in [1.29, 1.82) is 0 Å². The van der Waals surface area contributed by atoms with E-state index in [1.165, 1.54) is 16.7 Å². The number of carbonyl (C=O) groups excluding carboxylic acids is 1. The van der Waals surface area contributed by atoms with Crippen LogP contribution >= 0.6 is 11.8 Å². The maximum Gasteiger partial charge on any atom is 0.327 e. The Kier molecular flexibility index (Phi) is 6.84. The van der Waals surface area contributed by atoms with E-state index in [1.807, 2.05) is 0 Å². The van der Waals surface area contributed by atoms with E-state index < -0.39 is 12.0 Å². The number of carbonyl (C=O) groups is 2. The van der Waals surface area contributed by atoms with Gasteiger partial charge in [0.05, 0.1) is 25.7 Å². The highest BCUT2D eigenvalue weighted by atomic mass is 32.2. The van der Waals surface area contributed by atoms with Crippen LogP contribution in [0.1, 0.15) is 0 Å². The van der Waals surface area contributed by atoms with E-state index >= 15 is 0 Å². The fourth-order valence-electron chi connectivity index (χ4n) is 1.42. The van der Waals surface area contributed by atoms with Crippen molar-refractivity contribution in [2.45, 2.75) is 6.04 Å². The minimum atomic E-state index is -0.966. The van der Waals surface area contributed by atoms with E-state index in [0.717, 1.165) is 0 Å². The van der Waals surface area contributed by atoms with Crippen molar-refractivity contribution in [3.8, 4) is 0 Å². The Morgan fingerprint density at radius 2 is 2.22 bits per heavy atom. The molecule has 104 valence electrons. The predicted molar refractivity (Wildman–Crippen MR) is 66.7 cm³/mol. The number of methoxy groups -OCH3 is 1. The molecule has 2 amide bonds. The monoisotopic (exact) mass is 278 g/mol. The van der Waals surface area contributed by atoms with Crippen molar-refractivity contribution in [1.82, 2.24) is 10.2 Å². The highest BCUT2D eigenvalue weighted by Gasteiger charge is 2.34. The summed E-state index contributed by atoms with van der Waals surface area (Å²) in [4.78, 5) is 23.9. The lowest BCUT2D eigenvalue weighted by Gasteiger charge is -2.20. The predicted octanol–water partition coefficient (Wildman–Crippen LogP) is -0.181. The molecule has 1 rings (SSSR count). The summed E-state index contributed by atoms with van der Waals surface area (Å²) in [6, 6.07) is -1.09. The molecule has 1 atom stereocenters. The van der Waals surface area contributed by atoms with Crippen molar-refractivity contribution in [2.75, 3.05) is 45.1 Å². The number of aliphatic carboxylic acids is 1. The van der Waals surface area contributed by atoms with Gasteiger partial charge in [-0.05, 0) is 0 Å². The number of urea groups is 1. The van der Waals surface area contributed by atoms with Crippen LogP contribution in [0.5, 0.6) is 0 Å². The molecule has 0 aromatic heterocycles. The van der Waals surface area contributed by atoms with Gasteiger partial charge in [-0.3, -0.25) is 0 Å². The SMILES string of the molecule is COCCOCCNC(=O)N1CSCC1C(=O)O. The average molecular weight is 278 g/mol. The van der Waals surface area contributed by atoms with E-state index in [-0.39, 0.29) is 6.03 Å². The molecule has 1 aliphatic rings. The number of carboxylic acid groups (broad SMARTS) is 1. The zero-order valence-corrected chi connectivity index (χ0v) is 11.1. The normalized spacial score (nSPS) is 18.9. The number of hydrogen-bond acceptors (Lipinski definition) is 5. The Bertz CT molecular complexity index is 289. The highest BCUT2D eigenvalue weighted by Crippen LogP contribution is 2.20. The topological polar surface area (TPSA) is 88.1 Å². The van der Waals surface area contributed by atoms with Crippen LogP contribution in [0.3, 0.4) is 0 Å². The molecule has 8 heteroatoms. The third-order valence-electron chi connectivity index (χ3n) is 2.38. The highest BCUT2D eigenvalue weighted by molar-refractivity contribution is 7.99. The van der Waals surface area contributed by atoms with Gasteiger partial charge in [-0.25, -0.2) is 9.59 Å². The first kappa shape index (κ1) is 15.1. The molecule has 1 fully saturated rings. The molecule has 0 aromatic rings. The van der Waals surface area contributed by atoms with Crippen LogP contribution in [-0.4, -0.2) is 73.2 Å². The number of hydrogen-bond donors (Lipinski definition) is 2. The van der Waals surface area contributed by atoms with Gasteiger partial charge in [0.15, 0.2) is 0 Å². The molecular weight excluding hydrogens is 260 g/mol. The molecule has 1 aliphatic heterocycles. The first-order valence-electron chi connectivity index (χ1n) is 5.58. The van der Waals surface area contributed by atoms with Crippen LogP contribution < -0.4 is 5.32 Å². The quantitative estimate of drug-likeness (QED) is 0.628. The zero-order valence-electron chi connectivity index (χ0n) is 10.3. The van der Waals surface area contributed by atoms with E-state index in [0.29, 0.717) is 38.0 Å². The van der Waals surface area contributed by atoms with Crippen LogP contribution in [0, 0.1) is 0 Å². The summed E-state index contributed by atoms with van der Waals surface area (Å²) in [6.45, 7) is 1.73. The number of thioether (sulfide) groups is 1. The molecule has 1 heterocycles. The van der Waals surface area contributed by atoms with Gasteiger partial charge in [-0.2, -0.15) is 0 Å². The maximum absolute atomic E-state index is 11.7. The first-order valence-corrected chi connectivity index (χ1v) is 6.74. The molecular formula is C10H18N2O5S. The van der Waals surface area contributed by atoms with Gasteiger partial charge in [0.2, 0.25) is 0 Å². The number of nitrogens with zero attached hydrogens (tertiary/aromatic N) is 1. The van der Waals surface area contributed by atoms with Gasteiger partial charge in [-0.1, -0.05) is 0 Å². The smallest absolute Gasteiger partial charge is 0.327 e. The number of carboxylic acids is 1. The molecule has 0 aliphatic carbocycles. The molecule has 7 nitrogen and oxygen atoms in total. The Hall–Kier alpha value is -0.990. The zero-order chi connectivity index (χ0) is 13.4. The minimum Gasteiger partial charge on any atom is -0.480 e. The standard InChI is InChI=1S/C10H18N2O5S/c1-16-4-5-17-3-2-11-10(15)12-7-18-6-8(12)9(13)14/h8H,2-7H2,1H3,(H,11,15)(H,13,14). The molecule has 2 N–H and O–H groups in total. The molecule has 1 saturated heterocycles. The third kappa shape index (κ3) is 4.71. The molecule has 18 heavy (non-hydrogen) atoms. The van der Waals surface area contributed by atoms with Crippen molar-refractivity contribution < 1.29 is 24.2 Å². The Morgan fingerprint density at radius 1 is 1.44 bits per heavy atom. The van der Waals surface area contributed by atoms with Crippen LogP contribution in [0.4, 0.5) is 4.79 Å². The summed E-state index contributed by atoms with van der Waals surface area (Å²) in [5.74, 6) is -0.119. The fraction of sp³-hybridized carbons (Fsp3) is 0.800. The van der Waals surface area contributed by atoms with Gasteiger partial charge in [-0.15, -0.1) is 11.8 Å². The van der Waals surface area contributed by atoms with Gasteiger partial charge in [0.25, 0.3) is 0 Å². The lowest BCUT2D eigenvalue weighted by Crippen LogP contribution is -2.47. The van der Waals surface area contributed by atoms with Crippen molar-refractivity contribution >= 4 is 23.8 Å². The van der Waals surface area contributed by atoms with Gasteiger partial charge in [0.1, 0.15) is 6.04 Å². The van der Waals surface area contributed by atoms with Crippen LogP contribution in [-0.2, 0) is 14.3 Å². The van der Waals surface area contributed by atoms with Crippen LogP contribution in [0.25, 0.3) is 0 Å². The summed E-state index contributed by atoms with van der Waals surface area (Å²) in [5.41, 5.74) is 0. The summed E-state index contributed by atoms with van der Waals surface area (Å²) in [7, 11) is 1.59. The molecule has 0 spiro atoms. The second-order valence-electron chi connectivity index (χ2n) is 3.66. The number of nitrogens with one attached hydrogen (secondary N) is 1. The summed E-state index contributed by atoms with van der Waals surface area (Å²) < 4.78 is 9.98. The lowest BCUT2D eigenvalue weighted by atomic mass is 10.3. The van der Waals surface area contributed by atoms with Gasteiger partial charge < -0.3 is 24.8 Å². The van der Waals surface area contributed by atoms with E-state index in [2.05, 4.69) is 5.32 Å².